The molecule has 0 amide bonds. The standard InChI is InChI=1S/C16H17N5O2S/c1-3-23-15(22)14-10(2)11-6-4-5-7-12(11)19-13(14)8-24-16-20-18-9-21(16)17/h4-7,9H,3,8,17H2,1-2H3. The van der Waals surface area contributed by atoms with Gasteiger partial charge in [-0.3, -0.25) is 4.98 Å². The molecule has 0 bridgehead atoms. The maximum atomic E-state index is 12.4. The van der Waals surface area contributed by atoms with E-state index in [0.717, 1.165) is 16.5 Å². The fourth-order valence-corrected chi connectivity index (χ4v) is 3.26. The van der Waals surface area contributed by atoms with Crippen LogP contribution in [0.5, 0.6) is 0 Å². The van der Waals surface area contributed by atoms with Crippen LogP contribution in [0.2, 0.25) is 0 Å². The second-order valence-electron chi connectivity index (χ2n) is 5.11. The monoisotopic (exact) mass is 343 g/mol. The van der Waals surface area contributed by atoms with Gasteiger partial charge in [0, 0.05) is 11.1 Å². The van der Waals surface area contributed by atoms with Crippen LogP contribution in [0.15, 0.2) is 35.7 Å². The largest absolute Gasteiger partial charge is 0.462 e. The maximum Gasteiger partial charge on any atom is 0.340 e. The van der Waals surface area contributed by atoms with Gasteiger partial charge < -0.3 is 10.6 Å². The number of fused-ring (bicyclic) bond motifs is 1. The molecule has 2 aromatic heterocycles. The number of rotatable bonds is 5. The number of hydrogen-bond donors (Lipinski definition) is 1. The highest BCUT2D eigenvalue weighted by Crippen LogP contribution is 2.28. The van der Waals surface area contributed by atoms with Crippen LogP contribution in [-0.2, 0) is 10.5 Å². The number of nitrogens with zero attached hydrogens (tertiary/aromatic N) is 4. The molecule has 3 rings (SSSR count). The molecule has 0 aliphatic heterocycles. The van der Waals surface area contributed by atoms with Crippen molar-refractivity contribution in [3.8, 4) is 0 Å². The molecular weight excluding hydrogens is 326 g/mol. The van der Waals surface area contributed by atoms with Gasteiger partial charge in [0.25, 0.3) is 0 Å². The Kier molecular flexibility index (Phi) is 4.66. The topological polar surface area (TPSA) is 95.9 Å². The quantitative estimate of drug-likeness (QED) is 0.431. The van der Waals surface area contributed by atoms with Crippen LogP contribution >= 0.6 is 11.8 Å². The van der Waals surface area contributed by atoms with Gasteiger partial charge in [0.05, 0.1) is 23.4 Å². The number of esters is 1. The Labute approximate surface area is 143 Å². The van der Waals surface area contributed by atoms with E-state index in [2.05, 4.69) is 15.2 Å². The van der Waals surface area contributed by atoms with E-state index in [1.54, 1.807) is 6.92 Å². The van der Waals surface area contributed by atoms with Crippen molar-refractivity contribution < 1.29 is 9.53 Å². The Morgan fingerprint density at radius 2 is 2.17 bits per heavy atom. The fourth-order valence-electron chi connectivity index (χ4n) is 2.49. The van der Waals surface area contributed by atoms with Crippen LogP contribution in [0.4, 0.5) is 0 Å². The minimum Gasteiger partial charge on any atom is -0.462 e. The molecule has 0 fully saturated rings. The smallest absolute Gasteiger partial charge is 0.340 e. The van der Waals surface area contributed by atoms with Crippen molar-refractivity contribution in [3.63, 3.8) is 0 Å². The lowest BCUT2D eigenvalue weighted by molar-refractivity contribution is 0.0524. The van der Waals surface area contributed by atoms with Crippen molar-refractivity contribution >= 4 is 28.6 Å². The molecule has 24 heavy (non-hydrogen) atoms. The molecular formula is C16H17N5O2S. The number of aromatic nitrogens is 4. The summed E-state index contributed by atoms with van der Waals surface area (Å²) >= 11 is 1.37. The van der Waals surface area contributed by atoms with Crippen molar-refractivity contribution in [2.45, 2.75) is 24.8 Å². The lowest BCUT2D eigenvalue weighted by Crippen LogP contribution is -2.13. The van der Waals surface area contributed by atoms with E-state index >= 15 is 0 Å². The van der Waals surface area contributed by atoms with E-state index in [9.17, 15) is 4.79 Å². The van der Waals surface area contributed by atoms with E-state index in [4.69, 9.17) is 10.6 Å². The summed E-state index contributed by atoms with van der Waals surface area (Å²) < 4.78 is 6.55. The minimum absolute atomic E-state index is 0.314. The lowest BCUT2D eigenvalue weighted by Gasteiger charge is -2.13. The predicted molar refractivity (Wildman–Crippen MR) is 92.2 cm³/mol. The van der Waals surface area contributed by atoms with Gasteiger partial charge in [0.15, 0.2) is 0 Å². The Hall–Kier alpha value is -2.61. The lowest BCUT2D eigenvalue weighted by atomic mass is 10.0. The van der Waals surface area contributed by atoms with Crippen molar-refractivity contribution in [1.29, 1.82) is 0 Å². The number of nitrogen functional groups attached to an aromatic ring is 1. The highest BCUT2D eigenvalue weighted by Gasteiger charge is 2.20. The van der Waals surface area contributed by atoms with Gasteiger partial charge in [-0.05, 0) is 25.5 Å². The highest BCUT2D eigenvalue weighted by molar-refractivity contribution is 7.98. The van der Waals surface area contributed by atoms with E-state index in [1.807, 2.05) is 31.2 Å². The van der Waals surface area contributed by atoms with Crippen LogP contribution in [0.1, 0.15) is 28.5 Å². The number of ether oxygens (including phenoxy) is 1. The molecule has 0 aliphatic carbocycles. The van der Waals surface area contributed by atoms with Gasteiger partial charge in [-0.2, -0.15) is 0 Å². The number of aryl methyl sites for hydroxylation is 1. The summed E-state index contributed by atoms with van der Waals surface area (Å²) in [5.41, 5.74) is 2.86. The average Bonchev–Trinajstić information content (AvgIpc) is 2.98. The number of carbonyl (C=O) groups is 1. The highest BCUT2D eigenvalue weighted by atomic mass is 32.2. The summed E-state index contributed by atoms with van der Waals surface area (Å²) in [7, 11) is 0. The molecule has 2 N–H and O–H groups in total. The maximum absolute atomic E-state index is 12.4. The molecule has 124 valence electrons. The first kappa shape index (κ1) is 16.3. The number of benzene rings is 1. The van der Waals surface area contributed by atoms with E-state index < -0.39 is 0 Å². The molecule has 0 unspecified atom stereocenters. The van der Waals surface area contributed by atoms with Crippen LogP contribution in [0.25, 0.3) is 10.9 Å². The number of thioether (sulfide) groups is 1. The van der Waals surface area contributed by atoms with Crippen molar-refractivity contribution in [1.82, 2.24) is 19.9 Å². The van der Waals surface area contributed by atoms with Gasteiger partial charge in [-0.1, -0.05) is 30.0 Å². The fraction of sp³-hybridized carbons (Fsp3) is 0.250. The summed E-state index contributed by atoms with van der Waals surface area (Å²) in [5, 5.41) is 9.17. The molecule has 1 aromatic carbocycles. The van der Waals surface area contributed by atoms with Gasteiger partial charge in [-0.25, -0.2) is 9.47 Å². The van der Waals surface area contributed by atoms with Gasteiger partial charge in [0.1, 0.15) is 6.33 Å². The van der Waals surface area contributed by atoms with Crippen LogP contribution in [0.3, 0.4) is 0 Å². The van der Waals surface area contributed by atoms with Crippen molar-refractivity contribution in [2.75, 3.05) is 12.4 Å². The predicted octanol–water partition coefficient (Wildman–Crippen LogP) is 2.32. The normalized spacial score (nSPS) is 10.9. The molecule has 0 saturated carbocycles. The first-order valence-corrected chi connectivity index (χ1v) is 8.43. The van der Waals surface area contributed by atoms with Gasteiger partial charge in [-0.15, -0.1) is 10.2 Å². The zero-order chi connectivity index (χ0) is 17.1. The summed E-state index contributed by atoms with van der Waals surface area (Å²) in [6.45, 7) is 4.01. The third-order valence-electron chi connectivity index (χ3n) is 3.58. The molecule has 0 radical (unpaired) electrons. The molecule has 3 aromatic rings. The number of hydrogen-bond acceptors (Lipinski definition) is 7. The number of nitrogens with two attached hydrogens (primary N) is 1. The molecule has 0 spiro atoms. The Balaban J connectivity index is 2.05. The summed E-state index contributed by atoms with van der Waals surface area (Å²) in [6.07, 6.45) is 1.42. The number of pyridine rings is 1. The summed E-state index contributed by atoms with van der Waals surface area (Å²) in [5.74, 6) is 5.81. The van der Waals surface area contributed by atoms with E-state index in [-0.39, 0.29) is 5.97 Å². The zero-order valence-corrected chi connectivity index (χ0v) is 14.2. The van der Waals surface area contributed by atoms with Crippen LogP contribution in [0, 0.1) is 6.92 Å². The van der Waals surface area contributed by atoms with Crippen molar-refractivity contribution in [2.24, 2.45) is 0 Å². The molecule has 2 heterocycles. The van der Waals surface area contributed by atoms with E-state index in [0.29, 0.717) is 28.8 Å². The number of carbonyl (C=O) groups excluding carboxylic acids is 1. The minimum atomic E-state index is -0.363. The van der Waals surface area contributed by atoms with Crippen molar-refractivity contribution in [3.05, 3.63) is 47.4 Å². The van der Waals surface area contributed by atoms with Crippen LogP contribution in [-0.4, -0.2) is 32.4 Å². The molecule has 7 nitrogen and oxygen atoms in total. The second-order valence-corrected chi connectivity index (χ2v) is 6.05. The Morgan fingerprint density at radius 3 is 2.88 bits per heavy atom. The number of para-hydroxylation sites is 1. The first-order chi connectivity index (χ1) is 11.6. The summed E-state index contributed by atoms with van der Waals surface area (Å²) in [4.78, 5) is 17.1. The molecule has 0 atom stereocenters. The Bertz CT molecular complexity index is 893. The van der Waals surface area contributed by atoms with Crippen LogP contribution < -0.4 is 5.84 Å². The SMILES string of the molecule is CCOC(=O)c1c(CSc2nncn2N)nc2ccccc2c1C. The summed E-state index contributed by atoms with van der Waals surface area (Å²) in [6, 6.07) is 7.73. The third-order valence-corrected chi connectivity index (χ3v) is 4.55. The molecule has 0 aliphatic rings. The first-order valence-electron chi connectivity index (χ1n) is 7.45. The molecule has 8 heteroatoms. The second kappa shape index (κ2) is 6.88. The van der Waals surface area contributed by atoms with Gasteiger partial charge in [0.2, 0.25) is 5.16 Å². The average molecular weight is 343 g/mol. The Morgan fingerprint density at radius 1 is 1.38 bits per heavy atom. The van der Waals surface area contributed by atoms with Gasteiger partial charge >= 0.3 is 5.97 Å². The third kappa shape index (κ3) is 3.05. The zero-order valence-electron chi connectivity index (χ0n) is 13.4. The molecule has 0 saturated heterocycles. The van der Waals surface area contributed by atoms with E-state index in [1.165, 1.54) is 22.8 Å².